The van der Waals surface area contributed by atoms with Crippen LogP contribution in [0.15, 0.2) is 60.7 Å². The fourth-order valence-corrected chi connectivity index (χ4v) is 10.4. The van der Waals surface area contributed by atoms with Gasteiger partial charge in [-0.05, 0) is 41.8 Å². The molecule has 0 saturated carbocycles. The van der Waals surface area contributed by atoms with Crippen molar-refractivity contribution in [2.45, 2.75) is 73.8 Å². The number of aryl methyl sites for hydroxylation is 1. The molecule has 0 amide bonds. The van der Waals surface area contributed by atoms with Gasteiger partial charge >= 0.3 is 0 Å². The van der Waals surface area contributed by atoms with Crippen molar-refractivity contribution in [3.05, 3.63) is 77.4 Å². The fourth-order valence-electron chi connectivity index (χ4n) is 7.45. The summed E-state index contributed by atoms with van der Waals surface area (Å²) in [7, 11) is 4.29. The molecule has 0 radical (unpaired) electrons. The number of aromatic hydroxyl groups is 1. The number of phenolic OH excluding ortho intramolecular Hbond substituents is 1. The lowest BCUT2D eigenvalue weighted by atomic mass is 9.63. The van der Waals surface area contributed by atoms with Gasteiger partial charge in [0, 0.05) is 41.9 Å². The summed E-state index contributed by atoms with van der Waals surface area (Å²) in [5.74, 6) is -1.34. The van der Waals surface area contributed by atoms with Crippen molar-refractivity contribution in [2.75, 3.05) is 12.9 Å². The Labute approximate surface area is 291 Å². The summed E-state index contributed by atoms with van der Waals surface area (Å²) in [6, 6.07) is 13.8. The number of phenols is 1. The Bertz CT molecular complexity index is 1720. The number of benzene rings is 3. The van der Waals surface area contributed by atoms with Crippen molar-refractivity contribution in [3.63, 3.8) is 0 Å². The number of methoxy groups -OCH3 is 1. The minimum atomic E-state index is -2.02. The number of aliphatic hydroxyl groups is 4. The molecule has 1 saturated heterocycles. The van der Waals surface area contributed by atoms with Crippen LogP contribution in [0.25, 0.3) is 10.8 Å². The monoisotopic (exact) mass is 711 g/mol. The summed E-state index contributed by atoms with van der Waals surface area (Å²) in [5, 5.41) is 58.4. The molecule has 11 nitrogen and oxygen atoms in total. The highest BCUT2D eigenvalue weighted by Crippen LogP contribution is 2.50. The maximum absolute atomic E-state index is 13.7. The predicted molar refractivity (Wildman–Crippen MR) is 187 cm³/mol. The van der Waals surface area contributed by atoms with Gasteiger partial charge < -0.3 is 50.3 Å². The molecule has 10 atom stereocenters. The zero-order chi connectivity index (χ0) is 35.0. The van der Waals surface area contributed by atoms with Crippen molar-refractivity contribution >= 4 is 44.4 Å². The first-order valence-corrected chi connectivity index (χ1v) is 18.5. The third-order valence-corrected chi connectivity index (χ3v) is 12.7. The van der Waals surface area contributed by atoms with Crippen LogP contribution in [0, 0.1) is 18.8 Å². The highest BCUT2D eigenvalue weighted by molar-refractivity contribution is 8.76. The molecule has 6 rings (SSSR count). The van der Waals surface area contributed by atoms with Crippen LogP contribution in [-0.2, 0) is 16.0 Å². The van der Waals surface area contributed by atoms with Gasteiger partial charge in [-0.2, -0.15) is 0 Å². The molecule has 49 heavy (non-hydrogen) atoms. The number of nitrogens with two attached hydrogens (primary N) is 1. The molecule has 1 fully saturated rings. The molecule has 3 aliphatic rings. The molecule has 262 valence electrons. The van der Waals surface area contributed by atoms with E-state index in [1.54, 1.807) is 25.1 Å². The van der Waals surface area contributed by atoms with Gasteiger partial charge in [0.2, 0.25) is 6.29 Å². The number of hydrogen-bond acceptors (Lipinski definition) is 13. The predicted octanol–water partition coefficient (Wildman–Crippen LogP) is 3.08. The van der Waals surface area contributed by atoms with Gasteiger partial charge in [-0.25, -0.2) is 0 Å². The molecular formula is C36H41NO10S2. The number of ketones is 1. The summed E-state index contributed by atoms with van der Waals surface area (Å²) < 4.78 is 17.9. The van der Waals surface area contributed by atoms with Gasteiger partial charge in [0.05, 0.1) is 18.1 Å². The number of ether oxygens (including phenoxy) is 3. The third kappa shape index (κ3) is 6.71. The summed E-state index contributed by atoms with van der Waals surface area (Å²) in [6.45, 7) is 1.73. The van der Waals surface area contributed by atoms with E-state index in [2.05, 4.69) is 0 Å². The number of rotatable bonds is 5. The van der Waals surface area contributed by atoms with Crippen molar-refractivity contribution in [1.82, 2.24) is 0 Å². The number of aldehydes is 1. The van der Waals surface area contributed by atoms with Crippen LogP contribution in [0.3, 0.4) is 0 Å². The summed E-state index contributed by atoms with van der Waals surface area (Å²) in [4.78, 5) is 25.7. The first-order valence-electron chi connectivity index (χ1n) is 16.2. The Balaban J connectivity index is 1.53. The van der Waals surface area contributed by atoms with Crippen LogP contribution in [-0.4, -0.2) is 98.1 Å². The molecule has 0 unspecified atom stereocenters. The second-order valence-electron chi connectivity index (χ2n) is 12.9. The third-order valence-electron chi connectivity index (χ3n) is 9.86. The van der Waals surface area contributed by atoms with E-state index in [1.165, 1.54) is 40.8 Å². The minimum Gasteiger partial charge on any atom is -0.506 e. The van der Waals surface area contributed by atoms with Crippen LogP contribution < -0.4 is 15.2 Å². The molecule has 0 spiro atoms. The van der Waals surface area contributed by atoms with E-state index in [1.807, 2.05) is 30.3 Å². The number of aliphatic hydroxyl groups excluding tert-OH is 3. The molecule has 2 heterocycles. The maximum atomic E-state index is 13.7. The Hall–Kier alpha value is -3.14. The Kier molecular flexibility index (Phi) is 10.6. The second kappa shape index (κ2) is 14.6. The molecule has 1 aliphatic carbocycles. The standard InChI is InChI=1S/C36H41NO10S2/c1-18-14-20-16-21(45-2)17-25-28(20)30(40)27(18)24(39)10-13-48-49-26(15-19-6-4-3-5-7-19)29-22(9-12-38)23(37)8-11-36(29,44)34-32(42)31(41)33(43)35(46-25)47-34/h3-8,11-12,14,16-17,22-23,26,29,31-35,40-44H,9-10,13,15,37H2,1-2H3/t22-,23+,26-,29-,31+,32+,33-,34-,35+,36+/m1/s1. The van der Waals surface area contributed by atoms with Crippen LogP contribution >= 0.6 is 21.6 Å². The highest BCUT2D eigenvalue weighted by atomic mass is 33.1. The van der Waals surface area contributed by atoms with Crippen molar-refractivity contribution in [3.8, 4) is 17.2 Å². The summed E-state index contributed by atoms with van der Waals surface area (Å²) in [6.07, 6.45) is -4.35. The Morgan fingerprint density at radius 1 is 1.10 bits per heavy atom. The van der Waals surface area contributed by atoms with Crippen LogP contribution in [0.5, 0.6) is 17.2 Å². The molecule has 3 aromatic carbocycles. The van der Waals surface area contributed by atoms with Crippen molar-refractivity contribution in [1.29, 1.82) is 0 Å². The molecule has 4 bridgehead atoms. The van der Waals surface area contributed by atoms with Gasteiger partial charge in [0.15, 0.2) is 5.78 Å². The smallest absolute Gasteiger partial charge is 0.229 e. The lowest BCUT2D eigenvalue weighted by molar-refractivity contribution is -0.306. The number of fused-ring (bicyclic) bond motifs is 5. The van der Waals surface area contributed by atoms with E-state index >= 15 is 0 Å². The normalized spacial score (nSPS) is 33.5. The summed E-state index contributed by atoms with van der Waals surface area (Å²) in [5.41, 5.74) is 6.18. The first-order chi connectivity index (χ1) is 23.5. The topological polar surface area (TPSA) is 189 Å². The molecule has 0 aromatic heterocycles. The van der Waals surface area contributed by atoms with Crippen molar-refractivity contribution in [2.24, 2.45) is 17.6 Å². The van der Waals surface area contributed by atoms with Gasteiger partial charge in [-0.3, -0.25) is 4.79 Å². The highest BCUT2D eigenvalue weighted by Gasteiger charge is 2.59. The average Bonchev–Trinajstić information content (AvgIpc) is 3.08. The molecule has 13 heteroatoms. The van der Waals surface area contributed by atoms with E-state index < -0.39 is 59.4 Å². The largest absolute Gasteiger partial charge is 0.506 e. The molecule has 3 aromatic rings. The van der Waals surface area contributed by atoms with E-state index in [9.17, 15) is 35.1 Å². The van der Waals surface area contributed by atoms with Gasteiger partial charge in [0.1, 0.15) is 53.6 Å². The van der Waals surface area contributed by atoms with Gasteiger partial charge in [-0.15, -0.1) is 0 Å². The van der Waals surface area contributed by atoms with Crippen LogP contribution in [0.4, 0.5) is 0 Å². The first kappa shape index (κ1) is 35.7. The second-order valence-corrected chi connectivity index (χ2v) is 15.6. The zero-order valence-corrected chi connectivity index (χ0v) is 28.7. The van der Waals surface area contributed by atoms with E-state index in [4.69, 9.17) is 19.9 Å². The number of hydrogen-bond donors (Lipinski definition) is 6. The summed E-state index contributed by atoms with van der Waals surface area (Å²) >= 11 is 0. The lowest BCUT2D eigenvalue weighted by Gasteiger charge is -2.53. The lowest BCUT2D eigenvalue weighted by Crippen LogP contribution is -2.69. The van der Waals surface area contributed by atoms with E-state index in [-0.39, 0.29) is 41.1 Å². The molecule has 7 N–H and O–H groups in total. The fraction of sp³-hybridized carbons (Fsp3) is 0.444. The quantitative estimate of drug-likeness (QED) is 0.129. The van der Waals surface area contributed by atoms with Gasteiger partial charge in [-0.1, -0.05) is 70.1 Å². The van der Waals surface area contributed by atoms with Crippen LogP contribution in [0.1, 0.15) is 34.3 Å². The minimum absolute atomic E-state index is 0.00357. The van der Waals surface area contributed by atoms with E-state index in [0.29, 0.717) is 28.9 Å². The Morgan fingerprint density at radius 3 is 2.57 bits per heavy atom. The molecule has 2 aliphatic heterocycles. The number of Topliss-reactive ketones (excluding diaryl/α,β-unsaturated/α-hetero) is 1. The van der Waals surface area contributed by atoms with Gasteiger partial charge in [0.25, 0.3) is 0 Å². The van der Waals surface area contributed by atoms with Crippen molar-refractivity contribution < 1.29 is 49.3 Å². The number of carbonyl (C=O) groups is 2. The SMILES string of the molecule is COc1cc2c3c(O)c(c(C)cc3c1)C(=O)CCSS[C@H](Cc1ccccc1)[C@H]1[C@H](CC=O)[C@@H](N)C=C[C@@]1(O)[C@@H]1O[C@H](O2)[C@H](O)[C@@H](O)[C@@H]1O. The molecular weight excluding hydrogens is 671 g/mol. The van der Waals surface area contributed by atoms with E-state index in [0.717, 1.165) is 11.8 Å². The zero-order valence-electron chi connectivity index (χ0n) is 27.0. The average molecular weight is 712 g/mol. The maximum Gasteiger partial charge on any atom is 0.229 e. The van der Waals surface area contributed by atoms with Crippen LogP contribution in [0.2, 0.25) is 0 Å². The number of carbonyl (C=O) groups excluding carboxylic acids is 2. The Morgan fingerprint density at radius 2 is 1.86 bits per heavy atom.